The third-order valence-electron chi connectivity index (χ3n) is 2.14. The molecule has 16 heavy (non-hydrogen) atoms. The van der Waals surface area contributed by atoms with Crippen LogP contribution >= 0.6 is 0 Å². The topological polar surface area (TPSA) is 148 Å². The summed E-state index contributed by atoms with van der Waals surface area (Å²) in [6, 6.07) is 0. The van der Waals surface area contributed by atoms with Gasteiger partial charge in [-0.25, -0.2) is 0 Å². The number of hydrogen-bond acceptors (Lipinski definition) is 6. The standard InChI is InChI=1S/C9H14N4O3/c10-5-3-13-2-4(8(5)12)9(16)6(14)1-7(11)15/h2-3,6,9,14,16H,1,10H2,(H2,11,15)(H2,12,13). The van der Waals surface area contributed by atoms with Crippen molar-refractivity contribution >= 4 is 17.3 Å². The average Bonchev–Trinajstić information content (AvgIpc) is 2.20. The number of aliphatic hydroxyl groups is 2. The summed E-state index contributed by atoms with van der Waals surface area (Å²) >= 11 is 0. The monoisotopic (exact) mass is 226 g/mol. The van der Waals surface area contributed by atoms with Crippen LogP contribution in [0, 0.1) is 0 Å². The molecule has 0 aliphatic rings. The molecule has 0 spiro atoms. The highest BCUT2D eigenvalue weighted by molar-refractivity contribution is 5.74. The molecule has 0 bridgehead atoms. The smallest absolute Gasteiger partial charge is 0.220 e. The molecule has 0 saturated heterocycles. The van der Waals surface area contributed by atoms with Gasteiger partial charge >= 0.3 is 0 Å². The first-order chi connectivity index (χ1) is 7.43. The summed E-state index contributed by atoms with van der Waals surface area (Å²) in [6.07, 6.45) is -0.436. The van der Waals surface area contributed by atoms with E-state index in [4.69, 9.17) is 17.2 Å². The summed E-state index contributed by atoms with van der Waals surface area (Å²) in [5.74, 6) is -0.720. The Morgan fingerprint density at radius 3 is 2.56 bits per heavy atom. The van der Waals surface area contributed by atoms with Gasteiger partial charge in [0.1, 0.15) is 6.10 Å². The molecular formula is C9H14N4O3. The molecule has 0 saturated carbocycles. The molecule has 7 heteroatoms. The lowest BCUT2D eigenvalue weighted by Crippen LogP contribution is -2.26. The van der Waals surface area contributed by atoms with E-state index in [1.165, 1.54) is 12.4 Å². The zero-order valence-electron chi connectivity index (χ0n) is 8.50. The first-order valence-electron chi connectivity index (χ1n) is 4.56. The lowest BCUT2D eigenvalue weighted by atomic mass is 10.0. The van der Waals surface area contributed by atoms with Crippen molar-refractivity contribution < 1.29 is 15.0 Å². The Labute approximate surface area is 91.9 Å². The Bertz CT molecular complexity index is 396. The molecule has 1 amide bonds. The lowest BCUT2D eigenvalue weighted by Gasteiger charge is -2.18. The predicted molar refractivity (Wildman–Crippen MR) is 57.8 cm³/mol. The van der Waals surface area contributed by atoms with Crippen molar-refractivity contribution in [1.29, 1.82) is 0 Å². The van der Waals surface area contributed by atoms with E-state index in [-0.39, 0.29) is 23.4 Å². The summed E-state index contributed by atoms with van der Waals surface area (Å²) in [7, 11) is 0. The maximum atomic E-state index is 10.6. The molecule has 8 N–H and O–H groups in total. The zero-order chi connectivity index (χ0) is 12.3. The first kappa shape index (κ1) is 12.2. The molecular weight excluding hydrogens is 212 g/mol. The number of nitrogens with zero attached hydrogens (tertiary/aromatic N) is 1. The van der Waals surface area contributed by atoms with E-state index in [1.807, 2.05) is 0 Å². The van der Waals surface area contributed by atoms with Crippen molar-refractivity contribution in [2.24, 2.45) is 5.73 Å². The Morgan fingerprint density at radius 1 is 1.38 bits per heavy atom. The van der Waals surface area contributed by atoms with Crippen LogP contribution in [0.5, 0.6) is 0 Å². The van der Waals surface area contributed by atoms with E-state index in [1.54, 1.807) is 0 Å². The van der Waals surface area contributed by atoms with Crippen molar-refractivity contribution in [2.45, 2.75) is 18.6 Å². The lowest BCUT2D eigenvalue weighted by molar-refractivity contribution is -0.121. The Balaban J connectivity index is 2.91. The molecule has 0 fully saturated rings. The fourth-order valence-electron chi connectivity index (χ4n) is 1.26. The number of aromatic nitrogens is 1. The average molecular weight is 226 g/mol. The Hall–Kier alpha value is -1.86. The van der Waals surface area contributed by atoms with Crippen LogP contribution in [0.1, 0.15) is 18.1 Å². The van der Waals surface area contributed by atoms with Crippen LogP contribution in [-0.2, 0) is 4.79 Å². The third kappa shape index (κ3) is 2.59. The number of anilines is 2. The van der Waals surface area contributed by atoms with Crippen molar-refractivity contribution in [1.82, 2.24) is 4.98 Å². The highest BCUT2D eigenvalue weighted by atomic mass is 16.3. The molecule has 1 aromatic rings. The van der Waals surface area contributed by atoms with Crippen LogP contribution in [0.2, 0.25) is 0 Å². The fraction of sp³-hybridized carbons (Fsp3) is 0.333. The number of nitrogens with two attached hydrogens (primary N) is 3. The largest absolute Gasteiger partial charge is 0.397 e. The van der Waals surface area contributed by atoms with Crippen LogP contribution in [0.25, 0.3) is 0 Å². The summed E-state index contributed by atoms with van der Waals surface area (Å²) in [5.41, 5.74) is 16.5. The van der Waals surface area contributed by atoms with Crippen LogP contribution in [0.3, 0.4) is 0 Å². The van der Waals surface area contributed by atoms with Gasteiger partial charge in [-0.15, -0.1) is 0 Å². The normalized spacial score (nSPS) is 14.4. The van der Waals surface area contributed by atoms with Gasteiger partial charge in [0, 0.05) is 11.8 Å². The molecule has 0 aliphatic carbocycles. The van der Waals surface area contributed by atoms with Gasteiger partial charge in [0.2, 0.25) is 5.91 Å². The minimum absolute atomic E-state index is 0.131. The van der Waals surface area contributed by atoms with Crippen molar-refractivity contribution in [3.05, 3.63) is 18.0 Å². The van der Waals surface area contributed by atoms with Crippen molar-refractivity contribution in [3.8, 4) is 0 Å². The number of amides is 1. The van der Waals surface area contributed by atoms with E-state index in [2.05, 4.69) is 4.98 Å². The molecule has 88 valence electrons. The van der Waals surface area contributed by atoms with Crippen LogP contribution in [-0.4, -0.2) is 27.2 Å². The molecule has 1 heterocycles. The second-order valence-corrected chi connectivity index (χ2v) is 3.41. The number of aliphatic hydroxyl groups excluding tert-OH is 2. The summed E-state index contributed by atoms with van der Waals surface area (Å²) in [5, 5.41) is 19.2. The SMILES string of the molecule is NC(=O)CC(O)C(O)c1cncc(N)c1N. The predicted octanol–water partition coefficient (Wildman–Crippen LogP) is -1.48. The van der Waals surface area contributed by atoms with Gasteiger partial charge in [0.25, 0.3) is 0 Å². The number of primary amides is 1. The van der Waals surface area contributed by atoms with E-state index in [0.29, 0.717) is 0 Å². The zero-order valence-corrected chi connectivity index (χ0v) is 8.50. The number of carbonyl (C=O) groups is 1. The van der Waals surface area contributed by atoms with E-state index >= 15 is 0 Å². The van der Waals surface area contributed by atoms with Gasteiger partial charge in [-0.1, -0.05) is 0 Å². The van der Waals surface area contributed by atoms with Gasteiger partial charge < -0.3 is 27.4 Å². The van der Waals surface area contributed by atoms with Crippen molar-refractivity contribution in [2.75, 3.05) is 11.5 Å². The highest BCUT2D eigenvalue weighted by Crippen LogP contribution is 2.27. The maximum absolute atomic E-state index is 10.6. The fourth-order valence-corrected chi connectivity index (χ4v) is 1.26. The minimum atomic E-state index is -1.34. The van der Waals surface area contributed by atoms with Crippen LogP contribution < -0.4 is 17.2 Å². The van der Waals surface area contributed by atoms with Crippen molar-refractivity contribution in [3.63, 3.8) is 0 Å². The Morgan fingerprint density at radius 2 is 2.00 bits per heavy atom. The molecule has 2 atom stereocenters. The molecule has 7 nitrogen and oxygen atoms in total. The van der Waals surface area contributed by atoms with Gasteiger partial charge in [-0.3, -0.25) is 9.78 Å². The molecule has 0 aromatic carbocycles. The van der Waals surface area contributed by atoms with Crippen LogP contribution in [0.15, 0.2) is 12.4 Å². The third-order valence-corrected chi connectivity index (χ3v) is 2.14. The van der Waals surface area contributed by atoms with Gasteiger partial charge in [-0.05, 0) is 0 Å². The number of pyridine rings is 1. The molecule has 0 aliphatic heterocycles. The maximum Gasteiger partial charge on any atom is 0.220 e. The summed E-state index contributed by atoms with van der Waals surface area (Å²) in [6.45, 7) is 0. The molecule has 1 aromatic heterocycles. The molecule has 2 unspecified atom stereocenters. The number of hydrogen-bond donors (Lipinski definition) is 5. The van der Waals surface area contributed by atoms with E-state index < -0.39 is 18.1 Å². The van der Waals surface area contributed by atoms with E-state index in [0.717, 1.165) is 0 Å². The van der Waals surface area contributed by atoms with E-state index in [9.17, 15) is 15.0 Å². The number of carbonyl (C=O) groups excluding carboxylic acids is 1. The van der Waals surface area contributed by atoms with Crippen LogP contribution in [0.4, 0.5) is 11.4 Å². The van der Waals surface area contributed by atoms with Gasteiger partial charge in [-0.2, -0.15) is 0 Å². The van der Waals surface area contributed by atoms with Gasteiger partial charge in [0.05, 0.1) is 30.1 Å². The first-order valence-corrected chi connectivity index (χ1v) is 4.56. The second-order valence-electron chi connectivity index (χ2n) is 3.41. The summed E-state index contributed by atoms with van der Waals surface area (Å²) in [4.78, 5) is 14.3. The molecule has 0 radical (unpaired) electrons. The summed E-state index contributed by atoms with van der Waals surface area (Å²) < 4.78 is 0. The highest BCUT2D eigenvalue weighted by Gasteiger charge is 2.23. The number of nitrogen functional groups attached to an aromatic ring is 2. The molecule has 1 rings (SSSR count). The second kappa shape index (κ2) is 4.77. The number of rotatable bonds is 4. The Kier molecular flexibility index (Phi) is 3.64. The minimum Gasteiger partial charge on any atom is -0.397 e. The van der Waals surface area contributed by atoms with Gasteiger partial charge in [0.15, 0.2) is 0 Å². The quantitative estimate of drug-likeness (QED) is 0.422.